The van der Waals surface area contributed by atoms with Gasteiger partial charge in [-0.15, -0.1) is 11.3 Å². The van der Waals surface area contributed by atoms with Crippen molar-refractivity contribution in [3.63, 3.8) is 0 Å². The Morgan fingerprint density at radius 1 is 1.22 bits per heavy atom. The molecule has 0 atom stereocenters. The lowest BCUT2D eigenvalue weighted by atomic mass is 9.95. The van der Waals surface area contributed by atoms with Crippen LogP contribution in [0.4, 0.5) is 0 Å². The fourth-order valence-electron chi connectivity index (χ4n) is 3.25. The molecule has 1 fully saturated rings. The molecule has 1 aliphatic rings. The largest absolute Gasteiger partial charge is 0.361 e. The van der Waals surface area contributed by atoms with Crippen molar-refractivity contribution < 1.29 is 8.42 Å². The maximum absolute atomic E-state index is 12.7. The summed E-state index contributed by atoms with van der Waals surface area (Å²) >= 11 is 1.27. The van der Waals surface area contributed by atoms with Crippen molar-refractivity contribution in [3.8, 4) is 0 Å². The highest BCUT2D eigenvalue weighted by Gasteiger charge is 2.48. The topological polar surface area (TPSA) is 53.2 Å². The van der Waals surface area contributed by atoms with Crippen LogP contribution in [0.5, 0.6) is 0 Å². The normalized spacial score (nSPS) is 17.0. The molecule has 3 aromatic rings. The zero-order valence-corrected chi connectivity index (χ0v) is 14.5. The molecule has 2 heterocycles. The van der Waals surface area contributed by atoms with Gasteiger partial charge < -0.3 is 4.98 Å². The average molecular weight is 346 g/mol. The summed E-state index contributed by atoms with van der Waals surface area (Å²) in [6.45, 7) is 0.523. The van der Waals surface area contributed by atoms with Crippen LogP contribution in [-0.4, -0.2) is 31.3 Å². The highest BCUT2D eigenvalue weighted by molar-refractivity contribution is 7.91. The number of rotatable bonds is 5. The summed E-state index contributed by atoms with van der Waals surface area (Å²) in [4.78, 5) is 3.31. The molecule has 6 heteroatoms. The number of aromatic amines is 1. The molecule has 4 rings (SSSR count). The van der Waals surface area contributed by atoms with Gasteiger partial charge in [0.15, 0.2) is 0 Å². The van der Waals surface area contributed by atoms with Gasteiger partial charge in [0.05, 0.1) is 0 Å². The molecule has 4 nitrogen and oxygen atoms in total. The lowest BCUT2D eigenvalue weighted by Crippen LogP contribution is -2.34. The summed E-state index contributed by atoms with van der Waals surface area (Å²) in [5.74, 6) is 0. The second kappa shape index (κ2) is 5.19. The highest BCUT2D eigenvalue weighted by Crippen LogP contribution is 2.51. The number of hydrogen-bond donors (Lipinski definition) is 1. The van der Waals surface area contributed by atoms with Gasteiger partial charge in [0.25, 0.3) is 10.0 Å². The third-order valence-corrected chi connectivity index (χ3v) is 7.88. The maximum atomic E-state index is 12.7. The van der Waals surface area contributed by atoms with Crippen LogP contribution in [0.25, 0.3) is 10.9 Å². The minimum Gasteiger partial charge on any atom is -0.361 e. The molecule has 0 saturated heterocycles. The molecule has 0 bridgehead atoms. The van der Waals surface area contributed by atoms with E-state index in [1.807, 2.05) is 18.3 Å². The second-order valence-corrected chi connectivity index (χ2v) is 9.44. The van der Waals surface area contributed by atoms with E-state index in [1.54, 1.807) is 24.6 Å². The Morgan fingerprint density at radius 2 is 2.00 bits per heavy atom. The standard InChI is InChI=1S/C17H18N2O2S2/c1-19(23(20,21)16-7-4-10-22-16)12-17(8-9-17)14-11-18-15-6-3-2-5-13(14)15/h2-7,10-11,18H,8-9,12H2,1H3. The number of H-pyrrole nitrogens is 1. The summed E-state index contributed by atoms with van der Waals surface area (Å²) in [7, 11) is -1.71. The number of para-hydroxylation sites is 1. The first kappa shape index (κ1) is 14.9. The van der Waals surface area contributed by atoms with Crippen LogP contribution in [0.15, 0.2) is 52.2 Å². The molecule has 0 amide bonds. The van der Waals surface area contributed by atoms with Crippen LogP contribution >= 0.6 is 11.3 Å². The van der Waals surface area contributed by atoms with Crippen LogP contribution in [0.1, 0.15) is 18.4 Å². The fourth-order valence-corrected chi connectivity index (χ4v) is 5.71. The van der Waals surface area contributed by atoms with Crippen molar-refractivity contribution >= 4 is 32.3 Å². The highest BCUT2D eigenvalue weighted by atomic mass is 32.2. The summed E-state index contributed by atoms with van der Waals surface area (Å²) in [5, 5.41) is 3.00. The molecule has 0 radical (unpaired) electrons. The number of hydrogen-bond acceptors (Lipinski definition) is 3. The van der Waals surface area contributed by atoms with Gasteiger partial charge in [-0.2, -0.15) is 4.31 Å². The predicted octanol–water partition coefficient (Wildman–Crippen LogP) is 3.58. The molecular formula is C17H18N2O2S2. The van der Waals surface area contributed by atoms with Gasteiger partial charge >= 0.3 is 0 Å². The van der Waals surface area contributed by atoms with Crippen LogP contribution in [0.3, 0.4) is 0 Å². The van der Waals surface area contributed by atoms with Crippen LogP contribution in [-0.2, 0) is 15.4 Å². The van der Waals surface area contributed by atoms with E-state index in [0.29, 0.717) is 10.8 Å². The molecule has 23 heavy (non-hydrogen) atoms. The minimum absolute atomic E-state index is 0.0569. The minimum atomic E-state index is -3.39. The molecule has 0 aliphatic heterocycles. The molecule has 2 aromatic heterocycles. The van der Waals surface area contributed by atoms with E-state index in [2.05, 4.69) is 17.1 Å². The van der Waals surface area contributed by atoms with E-state index >= 15 is 0 Å². The number of thiophene rings is 1. The van der Waals surface area contributed by atoms with E-state index < -0.39 is 10.0 Å². The molecular weight excluding hydrogens is 328 g/mol. The lowest BCUT2D eigenvalue weighted by molar-refractivity contribution is 0.429. The van der Waals surface area contributed by atoms with Crippen LogP contribution in [0.2, 0.25) is 0 Å². The van der Waals surface area contributed by atoms with Crippen LogP contribution < -0.4 is 0 Å². The van der Waals surface area contributed by atoms with Crippen molar-refractivity contribution in [2.24, 2.45) is 0 Å². The van der Waals surface area contributed by atoms with E-state index in [4.69, 9.17) is 0 Å². The lowest BCUT2D eigenvalue weighted by Gasteiger charge is -2.23. The Labute approximate surface area is 139 Å². The van der Waals surface area contributed by atoms with Gasteiger partial charge in [-0.3, -0.25) is 0 Å². The van der Waals surface area contributed by atoms with Gasteiger partial charge in [0.1, 0.15) is 4.21 Å². The third kappa shape index (κ3) is 2.41. The number of sulfonamides is 1. The first-order valence-corrected chi connectivity index (χ1v) is 9.91. The van der Waals surface area contributed by atoms with Gasteiger partial charge in [0.2, 0.25) is 0 Å². The second-order valence-electron chi connectivity index (χ2n) is 6.22. The van der Waals surface area contributed by atoms with Crippen molar-refractivity contribution in [1.29, 1.82) is 0 Å². The summed E-state index contributed by atoms with van der Waals surface area (Å²) in [5.41, 5.74) is 2.29. The number of nitrogens with zero attached hydrogens (tertiary/aromatic N) is 1. The SMILES string of the molecule is CN(CC1(c2c[nH]c3ccccc23)CC1)S(=O)(=O)c1cccs1. The molecule has 120 valence electrons. The van der Waals surface area contributed by atoms with Crippen molar-refractivity contribution in [2.45, 2.75) is 22.5 Å². The van der Waals surface area contributed by atoms with Gasteiger partial charge in [-0.1, -0.05) is 24.3 Å². The summed E-state index contributed by atoms with van der Waals surface area (Å²) in [6, 6.07) is 11.6. The Hall–Kier alpha value is -1.63. The van der Waals surface area contributed by atoms with Crippen molar-refractivity contribution in [1.82, 2.24) is 9.29 Å². The number of fused-ring (bicyclic) bond motifs is 1. The van der Waals surface area contributed by atoms with Gasteiger partial charge in [-0.25, -0.2) is 8.42 Å². The van der Waals surface area contributed by atoms with Gasteiger partial charge in [-0.05, 0) is 35.9 Å². The molecule has 1 aliphatic carbocycles. The van der Waals surface area contributed by atoms with E-state index in [9.17, 15) is 8.42 Å². The Kier molecular flexibility index (Phi) is 3.37. The molecule has 1 aromatic carbocycles. The van der Waals surface area contributed by atoms with E-state index in [0.717, 1.165) is 18.4 Å². The van der Waals surface area contributed by atoms with Crippen LogP contribution in [0, 0.1) is 0 Å². The fraction of sp³-hybridized carbons (Fsp3) is 0.294. The van der Waals surface area contributed by atoms with Crippen molar-refractivity contribution in [3.05, 3.63) is 53.5 Å². The Morgan fingerprint density at radius 3 is 2.70 bits per heavy atom. The Bertz CT molecular complexity index is 938. The first-order valence-electron chi connectivity index (χ1n) is 7.59. The maximum Gasteiger partial charge on any atom is 0.252 e. The Balaban J connectivity index is 1.66. The molecule has 1 saturated carbocycles. The third-order valence-electron chi connectivity index (χ3n) is 4.70. The smallest absolute Gasteiger partial charge is 0.252 e. The zero-order chi connectivity index (χ0) is 16.1. The van der Waals surface area contributed by atoms with E-state index in [1.165, 1.54) is 26.6 Å². The van der Waals surface area contributed by atoms with E-state index in [-0.39, 0.29) is 5.41 Å². The molecule has 0 unspecified atom stereocenters. The predicted molar refractivity (Wildman–Crippen MR) is 93.3 cm³/mol. The zero-order valence-electron chi connectivity index (χ0n) is 12.8. The number of likely N-dealkylation sites (N-methyl/N-ethyl adjacent to an activating group) is 1. The number of aromatic nitrogens is 1. The summed E-state index contributed by atoms with van der Waals surface area (Å²) in [6.07, 6.45) is 4.10. The number of benzene rings is 1. The first-order chi connectivity index (χ1) is 11.0. The summed E-state index contributed by atoms with van der Waals surface area (Å²) < 4.78 is 27.2. The molecule has 0 spiro atoms. The quantitative estimate of drug-likeness (QED) is 0.768. The number of nitrogens with one attached hydrogen (secondary N) is 1. The van der Waals surface area contributed by atoms with Gasteiger partial charge in [0, 0.05) is 36.1 Å². The average Bonchev–Trinajstić information content (AvgIpc) is 2.99. The monoisotopic (exact) mass is 346 g/mol. The molecule has 1 N–H and O–H groups in total. The van der Waals surface area contributed by atoms with Crippen molar-refractivity contribution in [2.75, 3.05) is 13.6 Å².